The summed E-state index contributed by atoms with van der Waals surface area (Å²) in [4.78, 5) is 6.99. The second-order valence-corrected chi connectivity index (χ2v) is 7.11. The molecule has 2 bridgehead atoms. The number of hydrogen-bond donors (Lipinski definition) is 1. The molecular weight excluding hydrogens is 334 g/mol. The van der Waals surface area contributed by atoms with E-state index in [0.717, 1.165) is 56.0 Å². The van der Waals surface area contributed by atoms with E-state index in [4.69, 9.17) is 0 Å². The minimum atomic E-state index is -0.493. The molecule has 0 aliphatic carbocycles. The third kappa shape index (κ3) is 3.17. The maximum absolute atomic E-state index is 10.9. The molecule has 3 aliphatic heterocycles. The lowest BCUT2D eigenvalue weighted by atomic mass is 10.00. The molecule has 1 aromatic rings. The van der Waals surface area contributed by atoms with E-state index in [1.54, 1.807) is 6.20 Å². The number of aliphatic hydroxyl groups excluding tert-OH is 1. The lowest BCUT2D eigenvalue weighted by molar-refractivity contribution is -0.0498. The van der Waals surface area contributed by atoms with Gasteiger partial charge in [0.2, 0.25) is 0 Å². The molecular formula is C14H24BrN5O. The first-order chi connectivity index (χ1) is 10.1. The zero-order valence-corrected chi connectivity index (χ0v) is 14.3. The van der Waals surface area contributed by atoms with Gasteiger partial charge >= 0.3 is 0 Å². The monoisotopic (exact) mass is 357 g/mol. The number of likely N-dealkylation sites (N-methyl/N-ethyl adjacent to an activating group) is 1. The van der Waals surface area contributed by atoms with E-state index in [-0.39, 0.29) is 6.04 Å². The van der Waals surface area contributed by atoms with Gasteiger partial charge in [-0.2, -0.15) is 5.10 Å². The Bertz CT molecular complexity index is 484. The molecule has 4 rings (SSSR count). The van der Waals surface area contributed by atoms with Crippen LogP contribution in [0, 0.1) is 0 Å². The van der Waals surface area contributed by atoms with Crippen LogP contribution in [0.1, 0.15) is 11.8 Å². The Balaban J connectivity index is 1.77. The molecule has 0 amide bonds. The van der Waals surface area contributed by atoms with Gasteiger partial charge < -0.3 is 10.0 Å². The van der Waals surface area contributed by atoms with Crippen LogP contribution < -0.4 is 0 Å². The highest BCUT2D eigenvalue weighted by Gasteiger charge is 2.38. The summed E-state index contributed by atoms with van der Waals surface area (Å²) in [6.45, 7) is 7.03. The number of halogens is 1. The van der Waals surface area contributed by atoms with Crippen LogP contribution in [0.4, 0.5) is 0 Å². The predicted molar refractivity (Wildman–Crippen MR) is 85.2 cm³/mol. The van der Waals surface area contributed by atoms with Crippen molar-refractivity contribution in [1.29, 1.82) is 0 Å². The van der Waals surface area contributed by atoms with Crippen molar-refractivity contribution in [2.24, 2.45) is 0 Å². The fraction of sp³-hybridized carbons (Fsp3) is 0.786. The zero-order chi connectivity index (χ0) is 15.0. The van der Waals surface area contributed by atoms with E-state index in [1.165, 1.54) is 0 Å². The van der Waals surface area contributed by atoms with Crippen molar-refractivity contribution >= 4 is 15.9 Å². The summed E-state index contributed by atoms with van der Waals surface area (Å²) in [5.74, 6) is 0. The van der Waals surface area contributed by atoms with Gasteiger partial charge in [0.15, 0.2) is 0 Å². The van der Waals surface area contributed by atoms with Crippen LogP contribution in [0.15, 0.2) is 10.7 Å². The second kappa shape index (κ2) is 6.34. The Morgan fingerprint density at radius 1 is 1.38 bits per heavy atom. The van der Waals surface area contributed by atoms with Crippen molar-refractivity contribution in [3.05, 3.63) is 16.4 Å². The molecule has 0 radical (unpaired) electrons. The molecule has 2 unspecified atom stereocenters. The summed E-state index contributed by atoms with van der Waals surface area (Å²) in [6.07, 6.45) is 1.30. The summed E-state index contributed by atoms with van der Waals surface area (Å²) >= 11 is 3.56. The van der Waals surface area contributed by atoms with Crippen molar-refractivity contribution in [2.45, 2.75) is 18.7 Å². The van der Waals surface area contributed by atoms with Crippen LogP contribution in [0.5, 0.6) is 0 Å². The van der Waals surface area contributed by atoms with E-state index in [9.17, 15) is 5.11 Å². The van der Waals surface area contributed by atoms with Crippen LogP contribution >= 0.6 is 15.9 Å². The third-order valence-electron chi connectivity index (χ3n) is 4.56. The fourth-order valence-corrected chi connectivity index (χ4v) is 3.81. The molecule has 21 heavy (non-hydrogen) atoms. The standard InChI is InChI=1S/C14H24BrN5O/c1-17(2)3-8-20-13(11(15)9-16-20)14(21)12-10-18-4-6-19(12)7-5-18/h9,12,14,21H,3-8,10H2,1-2H3. The van der Waals surface area contributed by atoms with Crippen LogP contribution in [0.25, 0.3) is 0 Å². The highest BCUT2D eigenvalue weighted by atomic mass is 79.9. The van der Waals surface area contributed by atoms with Gasteiger partial charge in [0.25, 0.3) is 0 Å². The quantitative estimate of drug-likeness (QED) is 0.817. The molecule has 3 saturated heterocycles. The lowest BCUT2D eigenvalue weighted by Crippen LogP contribution is -2.62. The van der Waals surface area contributed by atoms with Gasteiger partial charge in [0, 0.05) is 39.3 Å². The van der Waals surface area contributed by atoms with Gasteiger partial charge in [-0.25, -0.2) is 0 Å². The topological polar surface area (TPSA) is 47.8 Å². The van der Waals surface area contributed by atoms with Gasteiger partial charge in [-0.1, -0.05) is 0 Å². The molecule has 0 saturated carbocycles. The normalized spacial score (nSPS) is 30.0. The van der Waals surface area contributed by atoms with Crippen molar-refractivity contribution in [3.63, 3.8) is 0 Å². The summed E-state index contributed by atoms with van der Waals surface area (Å²) in [5.41, 5.74) is 0.913. The number of fused-ring (bicyclic) bond motifs is 3. The molecule has 7 heteroatoms. The molecule has 2 atom stereocenters. The van der Waals surface area contributed by atoms with Crippen LogP contribution in [-0.2, 0) is 6.54 Å². The van der Waals surface area contributed by atoms with E-state index in [0.29, 0.717) is 0 Å². The average molecular weight is 358 g/mol. The highest BCUT2D eigenvalue weighted by molar-refractivity contribution is 9.10. The van der Waals surface area contributed by atoms with E-state index >= 15 is 0 Å². The van der Waals surface area contributed by atoms with Crippen molar-refractivity contribution in [2.75, 3.05) is 53.4 Å². The maximum atomic E-state index is 10.9. The summed E-state index contributed by atoms with van der Waals surface area (Å²) in [6, 6.07) is 0.179. The number of piperazine rings is 3. The Hall–Kier alpha value is -0.470. The number of aromatic nitrogens is 2. The minimum absolute atomic E-state index is 0.179. The maximum Gasteiger partial charge on any atom is 0.113 e. The first-order valence-electron chi connectivity index (χ1n) is 7.56. The Kier molecular flexibility index (Phi) is 4.66. The average Bonchev–Trinajstić information content (AvgIpc) is 2.86. The van der Waals surface area contributed by atoms with E-state index in [1.807, 2.05) is 18.8 Å². The highest BCUT2D eigenvalue weighted by Crippen LogP contribution is 2.31. The van der Waals surface area contributed by atoms with E-state index < -0.39 is 6.10 Å². The van der Waals surface area contributed by atoms with Gasteiger partial charge in [0.1, 0.15) is 6.10 Å². The van der Waals surface area contributed by atoms with Gasteiger partial charge in [-0.3, -0.25) is 14.5 Å². The minimum Gasteiger partial charge on any atom is -0.385 e. The smallest absolute Gasteiger partial charge is 0.113 e. The van der Waals surface area contributed by atoms with Gasteiger partial charge in [0.05, 0.1) is 29.0 Å². The largest absolute Gasteiger partial charge is 0.385 e. The molecule has 1 aromatic heterocycles. The molecule has 118 valence electrons. The Morgan fingerprint density at radius 3 is 2.67 bits per heavy atom. The Labute approximate surface area is 134 Å². The summed E-state index contributed by atoms with van der Waals surface area (Å²) in [5, 5.41) is 15.3. The molecule has 3 aliphatic rings. The molecule has 0 aromatic carbocycles. The van der Waals surface area contributed by atoms with E-state index in [2.05, 4.69) is 35.7 Å². The fourth-order valence-electron chi connectivity index (χ4n) is 3.28. The van der Waals surface area contributed by atoms with Crippen molar-refractivity contribution in [3.8, 4) is 0 Å². The SMILES string of the molecule is CN(C)CCn1ncc(Br)c1C(O)C1CN2CCN1CC2. The molecule has 1 N–H and O–H groups in total. The third-order valence-corrected chi connectivity index (χ3v) is 5.17. The number of aliphatic hydroxyl groups is 1. The number of hydrogen-bond acceptors (Lipinski definition) is 5. The lowest BCUT2D eigenvalue weighted by Gasteiger charge is -2.49. The van der Waals surface area contributed by atoms with Crippen molar-refractivity contribution in [1.82, 2.24) is 24.5 Å². The van der Waals surface area contributed by atoms with Gasteiger partial charge in [-0.05, 0) is 30.0 Å². The number of nitrogens with zero attached hydrogens (tertiary/aromatic N) is 5. The molecule has 4 heterocycles. The van der Waals surface area contributed by atoms with Crippen molar-refractivity contribution < 1.29 is 5.11 Å². The molecule has 3 fully saturated rings. The predicted octanol–water partition coefficient (Wildman–Crippen LogP) is 0.240. The zero-order valence-electron chi connectivity index (χ0n) is 12.7. The molecule has 6 nitrogen and oxygen atoms in total. The van der Waals surface area contributed by atoms with Crippen LogP contribution in [-0.4, -0.2) is 89.0 Å². The molecule has 0 spiro atoms. The van der Waals surface area contributed by atoms with Crippen LogP contribution in [0.2, 0.25) is 0 Å². The first kappa shape index (κ1) is 15.4. The summed E-state index contributed by atoms with van der Waals surface area (Å²) in [7, 11) is 4.10. The first-order valence-corrected chi connectivity index (χ1v) is 8.36. The summed E-state index contributed by atoms with van der Waals surface area (Å²) < 4.78 is 2.85. The Morgan fingerprint density at radius 2 is 2.10 bits per heavy atom. The second-order valence-electron chi connectivity index (χ2n) is 6.25. The number of rotatable bonds is 5. The van der Waals surface area contributed by atoms with Crippen LogP contribution in [0.3, 0.4) is 0 Å². The van der Waals surface area contributed by atoms with Gasteiger partial charge in [-0.15, -0.1) is 0 Å².